The number of rotatable bonds is 5. The third-order valence-electron chi connectivity index (χ3n) is 4.08. The van der Waals surface area contributed by atoms with Crippen LogP contribution in [0.15, 0.2) is 35.3 Å². The third-order valence-corrected chi connectivity index (χ3v) is 4.34. The first-order chi connectivity index (χ1) is 13.3. The summed E-state index contributed by atoms with van der Waals surface area (Å²) in [5.74, 6) is 0.0897. The number of aromatic nitrogens is 3. The number of nitro groups is 1. The second-order valence-electron chi connectivity index (χ2n) is 5.96. The van der Waals surface area contributed by atoms with Crippen LogP contribution in [0.5, 0.6) is 5.75 Å². The van der Waals surface area contributed by atoms with Crippen LogP contribution in [-0.4, -0.2) is 26.8 Å². The van der Waals surface area contributed by atoms with Crippen molar-refractivity contribution in [1.82, 2.24) is 14.8 Å². The molecule has 0 aliphatic rings. The Bertz CT molecular complexity index is 1180. The SMILES string of the molecule is COc1ccc(-c2cc(C)[nH]c(=O)c2C#N)cc1Cn1cc(Cl)c([N+](=O)[O-])n1. The van der Waals surface area contributed by atoms with E-state index < -0.39 is 16.3 Å². The summed E-state index contributed by atoms with van der Waals surface area (Å²) in [6, 6.07) is 8.81. The fourth-order valence-corrected chi connectivity index (χ4v) is 3.08. The lowest BCUT2D eigenvalue weighted by atomic mass is 9.98. The van der Waals surface area contributed by atoms with E-state index in [1.165, 1.54) is 18.0 Å². The molecule has 0 bridgehead atoms. The number of H-pyrrole nitrogens is 1. The van der Waals surface area contributed by atoms with Crippen LogP contribution in [0.2, 0.25) is 5.02 Å². The fourth-order valence-electron chi connectivity index (χ4n) is 2.86. The second kappa shape index (κ2) is 7.54. The maximum atomic E-state index is 12.1. The van der Waals surface area contributed by atoms with Gasteiger partial charge in [-0.15, -0.1) is 0 Å². The number of nitrogens with zero attached hydrogens (tertiary/aromatic N) is 4. The molecule has 0 aliphatic heterocycles. The molecule has 3 rings (SSSR count). The van der Waals surface area contributed by atoms with Gasteiger partial charge in [-0.25, -0.2) is 0 Å². The minimum Gasteiger partial charge on any atom is -0.496 e. The Morgan fingerprint density at radius 1 is 1.43 bits per heavy atom. The van der Waals surface area contributed by atoms with Crippen molar-refractivity contribution in [2.75, 3.05) is 7.11 Å². The predicted octanol–water partition coefficient (Wildman–Crippen LogP) is 3.04. The van der Waals surface area contributed by atoms with Gasteiger partial charge in [-0.2, -0.15) is 9.94 Å². The van der Waals surface area contributed by atoms with Crippen molar-refractivity contribution in [2.24, 2.45) is 0 Å². The molecule has 2 aromatic heterocycles. The Morgan fingerprint density at radius 2 is 2.18 bits per heavy atom. The highest BCUT2D eigenvalue weighted by Crippen LogP contribution is 2.29. The van der Waals surface area contributed by atoms with E-state index in [0.29, 0.717) is 28.1 Å². The van der Waals surface area contributed by atoms with E-state index in [-0.39, 0.29) is 17.1 Å². The smallest absolute Gasteiger partial charge is 0.408 e. The van der Waals surface area contributed by atoms with Crippen molar-refractivity contribution in [1.29, 1.82) is 5.26 Å². The number of pyridine rings is 1. The van der Waals surface area contributed by atoms with Gasteiger partial charge in [0.05, 0.1) is 25.0 Å². The number of nitrogens with one attached hydrogen (secondary N) is 1. The van der Waals surface area contributed by atoms with Crippen molar-refractivity contribution < 1.29 is 9.66 Å². The molecule has 28 heavy (non-hydrogen) atoms. The maximum absolute atomic E-state index is 12.1. The summed E-state index contributed by atoms with van der Waals surface area (Å²) in [5.41, 5.74) is 1.91. The van der Waals surface area contributed by atoms with E-state index in [9.17, 15) is 20.2 Å². The van der Waals surface area contributed by atoms with E-state index in [0.717, 1.165) is 0 Å². The van der Waals surface area contributed by atoms with E-state index in [4.69, 9.17) is 16.3 Å². The van der Waals surface area contributed by atoms with Gasteiger partial charge < -0.3 is 19.8 Å². The van der Waals surface area contributed by atoms with Crippen LogP contribution in [0.3, 0.4) is 0 Å². The second-order valence-corrected chi connectivity index (χ2v) is 6.37. The zero-order valence-corrected chi connectivity index (χ0v) is 15.6. The quantitative estimate of drug-likeness (QED) is 0.519. The first kappa shape index (κ1) is 19.1. The van der Waals surface area contributed by atoms with Crippen molar-refractivity contribution in [3.8, 4) is 22.9 Å². The van der Waals surface area contributed by atoms with Gasteiger partial charge in [0, 0.05) is 16.8 Å². The minimum atomic E-state index is -0.662. The van der Waals surface area contributed by atoms with Crippen LogP contribution in [0.25, 0.3) is 11.1 Å². The molecule has 2 heterocycles. The van der Waals surface area contributed by atoms with Crippen molar-refractivity contribution in [3.63, 3.8) is 0 Å². The average Bonchev–Trinajstić information content (AvgIpc) is 3.01. The molecule has 9 nitrogen and oxygen atoms in total. The summed E-state index contributed by atoms with van der Waals surface area (Å²) in [4.78, 5) is 25.0. The molecule has 0 radical (unpaired) electrons. The van der Waals surface area contributed by atoms with Crippen LogP contribution in [0.4, 0.5) is 5.82 Å². The summed E-state index contributed by atoms with van der Waals surface area (Å²) in [5, 5.41) is 24.1. The van der Waals surface area contributed by atoms with Crippen LogP contribution < -0.4 is 10.3 Å². The first-order valence-electron chi connectivity index (χ1n) is 8.02. The lowest BCUT2D eigenvalue weighted by molar-refractivity contribution is -0.389. The zero-order valence-electron chi connectivity index (χ0n) is 14.9. The lowest BCUT2D eigenvalue weighted by Crippen LogP contribution is -2.13. The molecule has 1 N–H and O–H groups in total. The number of aryl methyl sites for hydroxylation is 1. The molecule has 0 fully saturated rings. The van der Waals surface area contributed by atoms with Gasteiger partial charge in [0.1, 0.15) is 17.4 Å². The van der Waals surface area contributed by atoms with Crippen molar-refractivity contribution in [3.05, 3.63) is 72.8 Å². The summed E-state index contributed by atoms with van der Waals surface area (Å²) in [6.45, 7) is 1.87. The number of aromatic amines is 1. The van der Waals surface area contributed by atoms with E-state index >= 15 is 0 Å². The Labute approximate surface area is 163 Å². The molecule has 142 valence electrons. The maximum Gasteiger partial charge on any atom is 0.408 e. The van der Waals surface area contributed by atoms with Gasteiger partial charge in [0.2, 0.25) is 0 Å². The molecule has 3 aromatic rings. The molecule has 0 atom stereocenters. The van der Waals surface area contributed by atoms with Crippen molar-refractivity contribution >= 4 is 17.4 Å². The van der Waals surface area contributed by atoms with Gasteiger partial charge in [-0.05, 0) is 35.6 Å². The van der Waals surface area contributed by atoms with Crippen molar-refractivity contribution in [2.45, 2.75) is 13.5 Å². The van der Waals surface area contributed by atoms with E-state index in [2.05, 4.69) is 10.1 Å². The Kier molecular flexibility index (Phi) is 5.15. The molecule has 1 aromatic carbocycles. The zero-order chi connectivity index (χ0) is 20.4. The Hall–Kier alpha value is -3.64. The first-order valence-corrected chi connectivity index (χ1v) is 8.40. The van der Waals surface area contributed by atoms with Gasteiger partial charge >= 0.3 is 5.82 Å². The average molecular weight is 400 g/mol. The predicted molar refractivity (Wildman–Crippen MR) is 101 cm³/mol. The largest absolute Gasteiger partial charge is 0.496 e. The van der Waals surface area contributed by atoms with Gasteiger partial charge in [0.25, 0.3) is 5.56 Å². The molecule has 10 heteroatoms. The number of nitriles is 1. The third kappa shape index (κ3) is 3.58. The molecule has 0 unspecified atom stereocenters. The monoisotopic (exact) mass is 399 g/mol. The summed E-state index contributed by atoms with van der Waals surface area (Å²) < 4.78 is 6.69. The van der Waals surface area contributed by atoms with Gasteiger partial charge in [-0.3, -0.25) is 4.79 Å². The molecule has 0 amide bonds. The molecule has 0 aliphatic carbocycles. The summed E-state index contributed by atoms with van der Waals surface area (Å²) in [6.07, 6.45) is 1.35. The molecule has 0 spiro atoms. The number of methoxy groups -OCH3 is 1. The number of halogens is 1. The Morgan fingerprint density at radius 3 is 2.79 bits per heavy atom. The van der Waals surface area contributed by atoms with E-state index in [1.54, 1.807) is 31.2 Å². The van der Waals surface area contributed by atoms with Crippen LogP contribution >= 0.6 is 11.6 Å². The highest BCUT2D eigenvalue weighted by Gasteiger charge is 2.20. The highest BCUT2D eigenvalue weighted by atomic mass is 35.5. The molecule has 0 saturated heterocycles. The number of hydrogen-bond donors (Lipinski definition) is 1. The normalized spacial score (nSPS) is 10.5. The molecular formula is C18H14ClN5O4. The molecule has 0 saturated carbocycles. The number of benzene rings is 1. The van der Waals surface area contributed by atoms with Crippen LogP contribution in [0.1, 0.15) is 16.8 Å². The van der Waals surface area contributed by atoms with Gasteiger partial charge in [0.15, 0.2) is 5.02 Å². The van der Waals surface area contributed by atoms with Gasteiger partial charge in [-0.1, -0.05) is 17.7 Å². The number of hydrogen-bond acceptors (Lipinski definition) is 6. The topological polar surface area (TPSA) is 127 Å². The van der Waals surface area contributed by atoms with Crippen LogP contribution in [-0.2, 0) is 6.54 Å². The highest BCUT2D eigenvalue weighted by molar-refractivity contribution is 6.32. The summed E-state index contributed by atoms with van der Waals surface area (Å²) in [7, 11) is 1.50. The molecular weight excluding hydrogens is 386 g/mol. The standard InChI is InChI=1S/C18H14ClN5O4/c1-10-5-13(14(7-20)18(25)21-10)11-3-4-16(28-2)12(6-11)8-23-9-15(19)17(22-23)24(26)27/h3-6,9H,8H2,1-2H3,(H,21,25). The number of ether oxygens (including phenoxy) is 1. The Balaban J connectivity index is 2.10. The fraction of sp³-hybridized carbons (Fsp3) is 0.167. The minimum absolute atomic E-state index is 0.000474. The summed E-state index contributed by atoms with van der Waals surface area (Å²) >= 11 is 5.85. The van der Waals surface area contributed by atoms with E-state index in [1.807, 2.05) is 6.07 Å². The van der Waals surface area contributed by atoms with Crippen LogP contribution in [0, 0.1) is 28.4 Å². The lowest BCUT2D eigenvalue weighted by Gasteiger charge is -2.11.